The summed E-state index contributed by atoms with van der Waals surface area (Å²) in [7, 11) is 0. The summed E-state index contributed by atoms with van der Waals surface area (Å²) in [6.45, 7) is 4.16. The summed E-state index contributed by atoms with van der Waals surface area (Å²) >= 11 is 0. The lowest BCUT2D eigenvalue weighted by Crippen LogP contribution is -2.39. The summed E-state index contributed by atoms with van der Waals surface area (Å²) in [5, 5.41) is 9.28. The van der Waals surface area contributed by atoms with Crippen molar-refractivity contribution in [3.63, 3.8) is 0 Å². The molecule has 1 heterocycles. The molecule has 80 valence electrons. The number of aliphatic hydroxyl groups is 1. The molecule has 0 radical (unpaired) electrons. The molecule has 3 aliphatic rings. The molecule has 2 nitrogen and oxygen atoms in total. The van der Waals surface area contributed by atoms with Crippen LogP contribution in [0.25, 0.3) is 0 Å². The summed E-state index contributed by atoms with van der Waals surface area (Å²) in [5.74, 6) is 0. The lowest BCUT2D eigenvalue weighted by molar-refractivity contribution is 0.111. The molecule has 14 heavy (non-hydrogen) atoms. The molecule has 0 amide bonds. The van der Waals surface area contributed by atoms with Crippen LogP contribution in [0, 0.1) is 10.8 Å². The number of rotatable bonds is 3. The van der Waals surface area contributed by atoms with Gasteiger partial charge in [0.05, 0.1) is 0 Å². The Morgan fingerprint density at radius 2 is 1.57 bits per heavy atom. The largest absolute Gasteiger partial charge is 0.396 e. The molecular formula is C12H21NO. The van der Waals surface area contributed by atoms with Crippen LogP contribution in [0.1, 0.15) is 38.5 Å². The van der Waals surface area contributed by atoms with Crippen LogP contribution in [-0.2, 0) is 0 Å². The zero-order valence-electron chi connectivity index (χ0n) is 8.97. The second kappa shape index (κ2) is 2.96. The van der Waals surface area contributed by atoms with E-state index in [1.165, 1.54) is 58.2 Å². The Labute approximate surface area is 86.3 Å². The molecule has 2 aliphatic carbocycles. The van der Waals surface area contributed by atoms with Gasteiger partial charge in [-0.15, -0.1) is 0 Å². The van der Waals surface area contributed by atoms with Crippen molar-refractivity contribution < 1.29 is 5.11 Å². The molecule has 0 atom stereocenters. The zero-order valence-corrected chi connectivity index (χ0v) is 8.97. The minimum absolute atomic E-state index is 0.327. The van der Waals surface area contributed by atoms with E-state index in [2.05, 4.69) is 4.90 Å². The normalized spacial score (nSPS) is 33.2. The van der Waals surface area contributed by atoms with E-state index >= 15 is 0 Å². The van der Waals surface area contributed by atoms with Crippen LogP contribution in [0.15, 0.2) is 0 Å². The fourth-order valence-electron chi connectivity index (χ4n) is 2.88. The average molecular weight is 195 g/mol. The highest BCUT2D eigenvalue weighted by Crippen LogP contribution is 2.54. The molecule has 0 unspecified atom stereocenters. The number of nitrogens with zero attached hydrogens (tertiary/aromatic N) is 1. The summed E-state index contributed by atoms with van der Waals surface area (Å²) in [4.78, 5) is 2.59. The van der Waals surface area contributed by atoms with Gasteiger partial charge >= 0.3 is 0 Å². The molecule has 0 aromatic heterocycles. The van der Waals surface area contributed by atoms with Gasteiger partial charge in [0.2, 0.25) is 0 Å². The van der Waals surface area contributed by atoms with Crippen LogP contribution in [0.5, 0.6) is 0 Å². The first kappa shape index (κ1) is 9.17. The summed E-state index contributed by atoms with van der Waals surface area (Å²) < 4.78 is 0. The lowest BCUT2D eigenvalue weighted by atomic mass is 9.93. The van der Waals surface area contributed by atoms with Crippen LogP contribution < -0.4 is 0 Å². The van der Waals surface area contributed by atoms with Gasteiger partial charge in [0.1, 0.15) is 0 Å². The van der Waals surface area contributed by atoms with Gasteiger partial charge in [-0.25, -0.2) is 0 Å². The molecule has 2 saturated carbocycles. The van der Waals surface area contributed by atoms with Crippen molar-refractivity contribution in [2.75, 3.05) is 26.2 Å². The first-order valence-corrected chi connectivity index (χ1v) is 6.09. The van der Waals surface area contributed by atoms with Crippen LogP contribution >= 0.6 is 0 Å². The molecule has 0 aromatic rings. The number of hydrogen-bond donors (Lipinski definition) is 1. The molecule has 0 bridgehead atoms. The fraction of sp³-hybridized carbons (Fsp3) is 1.00. The third kappa shape index (κ3) is 1.59. The Morgan fingerprint density at radius 3 is 2.00 bits per heavy atom. The van der Waals surface area contributed by atoms with Gasteiger partial charge in [-0.05, 0) is 57.0 Å². The Morgan fingerprint density at radius 1 is 0.929 bits per heavy atom. The maximum atomic E-state index is 9.28. The molecule has 0 aromatic carbocycles. The van der Waals surface area contributed by atoms with Gasteiger partial charge in [0, 0.05) is 18.6 Å². The SMILES string of the molecule is OCC1(CN2CCC3(CC2)CC3)CC1. The van der Waals surface area contributed by atoms with E-state index in [0.717, 1.165) is 5.41 Å². The molecule has 1 spiro atoms. The Balaban J connectivity index is 1.50. The number of hydrogen-bond acceptors (Lipinski definition) is 2. The second-order valence-corrected chi connectivity index (χ2v) is 5.93. The maximum absolute atomic E-state index is 9.28. The standard InChI is InChI=1S/C12H21NO/c14-10-12(3-4-12)9-13-7-5-11(1-2-11)6-8-13/h14H,1-10H2. The Bertz CT molecular complexity index is 220. The van der Waals surface area contributed by atoms with E-state index in [4.69, 9.17) is 0 Å². The van der Waals surface area contributed by atoms with Crippen molar-refractivity contribution in [3.8, 4) is 0 Å². The predicted molar refractivity (Wildman–Crippen MR) is 56.1 cm³/mol. The smallest absolute Gasteiger partial charge is 0.0499 e. The van der Waals surface area contributed by atoms with Crippen molar-refractivity contribution in [2.24, 2.45) is 10.8 Å². The zero-order chi connectivity index (χ0) is 9.65. The average Bonchev–Trinajstić information content (AvgIpc) is 3.09. The van der Waals surface area contributed by atoms with Crippen molar-refractivity contribution >= 4 is 0 Å². The van der Waals surface area contributed by atoms with Gasteiger partial charge in [-0.1, -0.05) is 0 Å². The summed E-state index contributed by atoms with van der Waals surface area (Å²) in [6.07, 6.45) is 8.34. The van der Waals surface area contributed by atoms with Crippen LogP contribution in [0.2, 0.25) is 0 Å². The highest BCUT2D eigenvalue weighted by Gasteiger charge is 2.47. The number of aliphatic hydroxyl groups excluding tert-OH is 1. The van der Waals surface area contributed by atoms with Gasteiger partial charge in [0.25, 0.3) is 0 Å². The first-order chi connectivity index (χ1) is 6.76. The molecule has 1 saturated heterocycles. The summed E-state index contributed by atoms with van der Waals surface area (Å²) in [5.41, 5.74) is 1.13. The molecule has 2 heteroatoms. The van der Waals surface area contributed by atoms with Gasteiger partial charge in [-0.2, -0.15) is 0 Å². The van der Waals surface area contributed by atoms with E-state index in [0.29, 0.717) is 12.0 Å². The van der Waals surface area contributed by atoms with Gasteiger partial charge in [0.15, 0.2) is 0 Å². The van der Waals surface area contributed by atoms with Crippen LogP contribution in [-0.4, -0.2) is 36.2 Å². The van der Waals surface area contributed by atoms with E-state index in [1.54, 1.807) is 0 Å². The van der Waals surface area contributed by atoms with E-state index in [-0.39, 0.29) is 0 Å². The van der Waals surface area contributed by atoms with Crippen molar-refractivity contribution in [1.29, 1.82) is 0 Å². The first-order valence-electron chi connectivity index (χ1n) is 6.09. The minimum atomic E-state index is 0.327. The van der Waals surface area contributed by atoms with Gasteiger partial charge < -0.3 is 10.0 Å². The van der Waals surface area contributed by atoms with Gasteiger partial charge in [-0.3, -0.25) is 0 Å². The number of piperidine rings is 1. The van der Waals surface area contributed by atoms with Crippen molar-refractivity contribution in [1.82, 2.24) is 4.90 Å². The van der Waals surface area contributed by atoms with E-state index < -0.39 is 0 Å². The third-order valence-corrected chi connectivity index (χ3v) is 4.73. The van der Waals surface area contributed by atoms with Crippen molar-refractivity contribution in [3.05, 3.63) is 0 Å². The second-order valence-electron chi connectivity index (χ2n) is 5.93. The van der Waals surface area contributed by atoms with E-state index in [9.17, 15) is 5.11 Å². The Kier molecular flexibility index (Phi) is 1.94. The highest BCUT2D eigenvalue weighted by atomic mass is 16.3. The molecule has 1 aliphatic heterocycles. The third-order valence-electron chi connectivity index (χ3n) is 4.73. The fourth-order valence-corrected chi connectivity index (χ4v) is 2.88. The maximum Gasteiger partial charge on any atom is 0.0499 e. The topological polar surface area (TPSA) is 23.5 Å². The van der Waals surface area contributed by atoms with Crippen LogP contribution in [0.4, 0.5) is 0 Å². The molecule has 3 fully saturated rings. The molecular weight excluding hydrogens is 174 g/mol. The predicted octanol–water partition coefficient (Wildman–Crippen LogP) is 1.63. The Hall–Kier alpha value is -0.0800. The van der Waals surface area contributed by atoms with Crippen molar-refractivity contribution in [2.45, 2.75) is 38.5 Å². The molecule has 1 N–H and O–H groups in total. The number of likely N-dealkylation sites (tertiary alicyclic amines) is 1. The quantitative estimate of drug-likeness (QED) is 0.740. The lowest BCUT2D eigenvalue weighted by Gasteiger charge is -2.34. The monoisotopic (exact) mass is 195 g/mol. The molecule has 3 rings (SSSR count). The highest BCUT2D eigenvalue weighted by molar-refractivity contribution is 5.00. The minimum Gasteiger partial charge on any atom is -0.396 e. The van der Waals surface area contributed by atoms with E-state index in [1.807, 2.05) is 0 Å². The summed E-state index contributed by atoms with van der Waals surface area (Å²) in [6, 6.07) is 0. The van der Waals surface area contributed by atoms with Crippen LogP contribution in [0.3, 0.4) is 0 Å².